The largest absolute Gasteiger partial charge is 0.312 e. The summed E-state index contributed by atoms with van der Waals surface area (Å²) in [7, 11) is 4.25. The summed E-state index contributed by atoms with van der Waals surface area (Å²) >= 11 is 0. The Morgan fingerprint density at radius 1 is 1.11 bits per heavy atom. The van der Waals surface area contributed by atoms with E-state index in [-0.39, 0.29) is 0 Å². The van der Waals surface area contributed by atoms with Gasteiger partial charge >= 0.3 is 0 Å². The molecule has 0 spiro atoms. The van der Waals surface area contributed by atoms with Crippen LogP contribution in [-0.4, -0.2) is 32.1 Å². The van der Waals surface area contributed by atoms with Gasteiger partial charge in [-0.25, -0.2) is 0 Å². The van der Waals surface area contributed by atoms with Crippen molar-refractivity contribution >= 4 is 0 Å². The fraction of sp³-hybridized carbons (Fsp3) is 0.647. The van der Waals surface area contributed by atoms with E-state index in [4.69, 9.17) is 0 Å². The first-order chi connectivity index (χ1) is 9.06. The molecule has 1 aromatic rings. The van der Waals surface area contributed by atoms with Crippen molar-refractivity contribution in [3.63, 3.8) is 0 Å². The third kappa shape index (κ3) is 5.75. The second kappa shape index (κ2) is 8.34. The Balaban J connectivity index is 2.63. The maximum atomic E-state index is 3.43. The van der Waals surface area contributed by atoms with Crippen LogP contribution in [0.4, 0.5) is 0 Å². The molecule has 1 N–H and O–H groups in total. The third-order valence-electron chi connectivity index (χ3n) is 3.44. The van der Waals surface area contributed by atoms with Crippen molar-refractivity contribution in [3.05, 3.63) is 35.4 Å². The van der Waals surface area contributed by atoms with Crippen LogP contribution in [0.15, 0.2) is 24.3 Å². The lowest BCUT2D eigenvalue weighted by molar-refractivity contribution is 0.267. The molecule has 0 fully saturated rings. The molecule has 0 aromatic heterocycles. The van der Waals surface area contributed by atoms with Crippen LogP contribution in [0.2, 0.25) is 0 Å². The molecule has 1 rings (SSSR count). The van der Waals surface area contributed by atoms with Crippen LogP contribution >= 0.6 is 0 Å². The second-order valence-corrected chi connectivity index (χ2v) is 5.95. The first-order valence-corrected chi connectivity index (χ1v) is 7.51. The zero-order valence-electron chi connectivity index (χ0n) is 13.2. The van der Waals surface area contributed by atoms with E-state index in [1.54, 1.807) is 0 Å². The van der Waals surface area contributed by atoms with Gasteiger partial charge in [0.25, 0.3) is 0 Å². The molecule has 0 bridgehead atoms. The third-order valence-corrected chi connectivity index (χ3v) is 3.44. The quantitative estimate of drug-likeness (QED) is 0.771. The summed E-state index contributed by atoms with van der Waals surface area (Å²) in [5, 5.41) is 3.43. The molecule has 0 amide bonds. The van der Waals surface area contributed by atoms with Gasteiger partial charge in [-0.2, -0.15) is 0 Å². The smallest absolute Gasteiger partial charge is 0.0446 e. The number of benzene rings is 1. The van der Waals surface area contributed by atoms with E-state index in [1.807, 2.05) is 7.05 Å². The van der Waals surface area contributed by atoms with Crippen molar-refractivity contribution in [3.8, 4) is 0 Å². The van der Waals surface area contributed by atoms with Crippen LogP contribution in [0.25, 0.3) is 0 Å². The zero-order valence-corrected chi connectivity index (χ0v) is 13.2. The van der Waals surface area contributed by atoms with Crippen molar-refractivity contribution in [2.75, 3.05) is 27.2 Å². The van der Waals surface area contributed by atoms with Crippen LogP contribution in [0.3, 0.4) is 0 Å². The topological polar surface area (TPSA) is 15.3 Å². The van der Waals surface area contributed by atoms with Gasteiger partial charge in [-0.05, 0) is 37.6 Å². The predicted molar refractivity (Wildman–Crippen MR) is 84.6 cm³/mol. The van der Waals surface area contributed by atoms with Crippen molar-refractivity contribution < 1.29 is 0 Å². The highest BCUT2D eigenvalue weighted by Crippen LogP contribution is 2.16. The first-order valence-electron chi connectivity index (χ1n) is 7.51. The molecule has 0 saturated heterocycles. The van der Waals surface area contributed by atoms with Gasteiger partial charge in [0.15, 0.2) is 0 Å². The number of nitrogens with one attached hydrogen (secondary N) is 1. The highest BCUT2D eigenvalue weighted by molar-refractivity contribution is 5.25. The highest BCUT2D eigenvalue weighted by Gasteiger charge is 2.12. The summed E-state index contributed by atoms with van der Waals surface area (Å²) in [4.78, 5) is 2.41. The number of hydrogen-bond acceptors (Lipinski definition) is 2. The molecule has 1 aromatic carbocycles. The molecule has 1 unspecified atom stereocenters. The normalized spacial score (nSPS) is 13.2. The van der Waals surface area contributed by atoms with Crippen LogP contribution < -0.4 is 5.32 Å². The van der Waals surface area contributed by atoms with E-state index >= 15 is 0 Å². The standard InChI is InChI=1S/C17H30N2/c1-6-7-15-8-10-16(11-9-15)17(18-4)13-19(5)12-14(2)3/h8-11,14,17-18H,6-7,12-13H2,1-5H3. The number of nitrogens with zero attached hydrogens (tertiary/aromatic N) is 1. The minimum Gasteiger partial charge on any atom is -0.312 e. The van der Waals surface area contributed by atoms with Crippen molar-refractivity contribution in [2.45, 2.75) is 39.7 Å². The summed E-state index contributed by atoms with van der Waals surface area (Å²) in [6.45, 7) is 8.97. The zero-order chi connectivity index (χ0) is 14.3. The lowest BCUT2D eigenvalue weighted by Crippen LogP contribution is -2.33. The fourth-order valence-corrected chi connectivity index (χ4v) is 2.58. The van der Waals surface area contributed by atoms with Crippen LogP contribution in [0.1, 0.15) is 44.4 Å². The minimum absolute atomic E-state index is 0.416. The van der Waals surface area contributed by atoms with Crippen LogP contribution in [-0.2, 0) is 6.42 Å². The van der Waals surface area contributed by atoms with E-state index in [0.29, 0.717) is 6.04 Å². The van der Waals surface area contributed by atoms with Gasteiger partial charge in [0.1, 0.15) is 0 Å². The van der Waals surface area contributed by atoms with Gasteiger partial charge < -0.3 is 10.2 Å². The Hall–Kier alpha value is -0.860. The minimum atomic E-state index is 0.416. The van der Waals surface area contributed by atoms with Crippen LogP contribution in [0, 0.1) is 5.92 Å². The van der Waals surface area contributed by atoms with E-state index in [0.717, 1.165) is 19.0 Å². The Labute approximate surface area is 119 Å². The summed E-state index contributed by atoms with van der Waals surface area (Å²) in [6.07, 6.45) is 2.39. The molecular formula is C17H30N2. The van der Waals surface area contributed by atoms with Gasteiger partial charge in [-0.1, -0.05) is 51.5 Å². The Kier molecular flexibility index (Phi) is 7.11. The van der Waals surface area contributed by atoms with Crippen molar-refractivity contribution in [1.82, 2.24) is 10.2 Å². The van der Waals surface area contributed by atoms with Crippen LogP contribution in [0.5, 0.6) is 0 Å². The van der Waals surface area contributed by atoms with E-state index in [9.17, 15) is 0 Å². The molecule has 0 aliphatic carbocycles. The molecule has 108 valence electrons. The van der Waals surface area contributed by atoms with Gasteiger partial charge in [0.2, 0.25) is 0 Å². The fourth-order valence-electron chi connectivity index (χ4n) is 2.58. The lowest BCUT2D eigenvalue weighted by Gasteiger charge is -2.25. The molecule has 1 atom stereocenters. The highest BCUT2D eigenvalue weighted by atomic mass is 15.1. The predicted octanol–water partition coefficient (Wildman–Crippen LogP) is 3.49. The lowest BCUT2D eigenvalue weighted by atomic mass is 10.0. The van der Waals surface area contributed by atoms with Gasteiger partial charge in [0, 0.05) is 19.1 Å². The molecule has 2 nitrogen and oxygen atoms in total. The first kappa shape index (κ1) is 16.2. The molecular weight excluding hydrogens is 232 g/mol. The second-order valence-electron chi connectivity index (χ2n) is 5.95. The van der Waals surface area contributed by atoms with E-state index in [2.05, 4.69) is 62.3 Å². The molecule has 2 heteroatoms. The van der Waals surface area contributed by atoms with Gasteiger partial charge in [-0.3, -0.25) is 0 Å². The molecule has 0 saturated carbocycles. The molecule has 0 heterocycles. The Morgan fingerprint density at radius 2 is 1.74 bits per heavy atom. The summed E-state index contributed by atoms with van der Waals surface area (Å²) in [5.74, 6) is 0.717. The molecule has 0 aliphatic rings. The summed E-state index contributed by atoms with van der Waals surface area (Å²) in [5.41, 5.74) is 2.83. The number of rotatable bonds is 8. The number of aryl methyl sites for hydroxylation is 1. The number of hydrogen-bond donors (Lipinski definition) is 1. The molecule has 19 heavy (non-hydrogen) atoms. The summed E-state index contributed by atoms with van der Waals surface area (Å²) < 4.78 is 0. The van der Waals surface area contributed by atoms with E-state index < -0.39 is 0 Å². The van der Waals surface area contributed by atoms with Gasteiger partial charge in [-0.15, -0.1) is 0 Å². The molecule has 0 aliphatic heterocycles. The SMILES string of the molecule is CCCc1ccc(C(CN(C)CC(C)C)NC)cc1. The monoisotopic (exact) mass is 262 g/mol. The Bertz CT molecular complexity index is 343. The maximum absolute atomic E-state index is 3.43. The van der Waals surface area contributed by atoms with Crippen molar-refractivity contribution in [2.24, 2.45) is 5.92 Å². The number of likely N-dealkylation sites (N-methyl/N-ethyl adjacent to an activating group) is 2. The summed E-state index contributed by atoms with van der Waals surface area (Å²) in [6, 6.07) is 9.50. The maximum Gasteiger partial charge on any atom is 0.0446 e. The average Bonchev–Trinajstić information content (AvgIpc) is 2.36. The average molecular weight is 262 g/mol. The van der Waals surface area contributed by atoms with E-state index in [1.165, 1.54) is 24.0 Å². The van der Waals surface area contributed by atoms with Crippen molar-refractivity contribution in [1.29, 1.82) is 0 Å². The Morgan fingerprint density at radius 3 is 2.21 bits per heavy atom. The van der Waals surface area contributed by atoms with Gasteiger partial charge in [0.05, 0.1) is 0 Å². The molecule has 0 radical (unpaired) electrons.